The summed E-state index contributed by atoms with van der Waals surface area (Å²) in [6.07, 6.45) is 5.52. The molecule has 0 spiro atoms. The molecule has 2 aromatic carbocycles. The normalized spacial score (nSPS) is 19.2. The summed E-state index contributed by atoms with van der Waals surface area (Å²) < 4.78 is 38.4. The van der Waals surface area contributed by atoms with E-state index in [1.165, 1.54) is 11.8 Å². The van der Waals surface area contributed by atoms with Crippen LogP contribution < -0.4 is 9.64 Å². The standard InChI is InChI=1S/C26H35NO5S2/c1-5-8-14-26(6-2)18-27(20-12-10-9-11-13-20)21-15-23(33-4)22(32-17-25(28)31-7-3)16-24(21)34(29,30)19-26/h9-13,15-16H,5-8,14,17-19H2,1-4H3. The van der Waals surface area contributed by atoms with Crippen LogP contribution in [0.15, 0.2) is 52.3 Å². The van der Waals surface area contributed by atoms with E-state index in [0.29, 0.717) is 18.0 Å². The largest absolute Gasteiger partial charge is 0.481 e. The Bertz CT molecular complexity index is 1090. The lowest BCUT2D eigenvalue weighted by molar-refractivity contribution is -0.145. The summed E-state index contributed by atoms with van der Waals surface area (Å²) in [5, 5.41) is 0. The number of carbonyl (C=O) groups is 1. The van der Waals surface area contributed by atoms with E-state index in [-0.39, 0.29) is 29.3 Å². The Morgan fingerprint density at radius 2 is 1.88 bits per heavy atom. The molecule has 0 radical (unpaired) electrons. The van der Waals surface area contributed by atoms with Crippen molar-refractivity contribution in [1.29, 1.82) is 0 Å². The molecule has 3 rings (SSSR count). The fourth-order valence-corrected chi connectivity index (χ4v) is 7.21. The van der Waals surface area contributed by atoms with Crippen molar-refractivity contribution in [1.82, 2.24) is 0 Å². The summed E-state index contributed by atoms with van der Waals surface area (Å²) in [7, 11) is -3.61. The Labute approximate surface area is 207 Å². The molecule has 186 valence electrons. The predicted octanol–water partition coefficient (Wildman–Crippen LogP) is 5.86. The zero-order chi connectivity index (χ0) is 24.8. The molecular formula is C26H35NO5S2. The number of sulfone groups is 1. The summed E-state index contributed by atoms with van der Waals surface area (Å²) in [6.45, 7) is 6.58. The zero-order valence-electron chi connectivity index (χ0n) is 20.5. The Balaban J connectivity index is 2.16. The Morgan fingerprint density at radius 1 is 1.15 bits per heavy atom. The molecule has 0 saturated carbocycles. The zero-order valence-corrected chi connectivity index (χ0v) is 22.1. The van der Waals surface area contributed by atoms with Crippen LogP contribution in [-0.2, 0) is 19.4 Å². The predicted molar refractivity (Wildman–Crippen MR) is 138 cm³/mol. The minimum absolute atomic E-state index is 0.0861. The van der Waals surface area contributed by atoms with Gasteiger partial charge in [-0.25, -0.2) is 13.2 Å². The van der Waals surface area contributed by atoms with Gasteiger partial charge in [-0.1, -0.05) is 44.9 Å². The van der Waals surface area contributed by atoms with Crippen molar-refractivity contribution < 1.29 is 22.7 Å². The van der Waals surface area contributed by atoms with E-state index in [0.717, 1.165) is 36.3 Å². The van der Waals surface area contributed by atoms with E-state index in [9.17, 15) is 13.2 Å². The Hall–Kier alpha value is -2.19. The quantitative estimate of drug-likeness (QED) is 0.296. The molecule has 1 aliphatic rings. The number of nitrogens with zero attached hydrogens (tertiary/aromatic N) is 1. The van der Waals surface area contributed by atoms with E-state index in [2.05, 4.69) is 18.7 Å². The second-order valence-electron chi connectivity index (χ2n) is 8.70. The molecule has 0 aliphatic carbocycles. The molecule has 1 atom stereocenters. The van der Waals surface area contributed by atoms with Crippen LogP contribution in [0.25, 0.3) is 0 Å². The highest BCUT2D eigenvalue weighted by molar-refractivity contribution is 7.98. The number of hydrogen-bond donors (Lipinski definition) is 0. The van der Waals surface area contributed by atoms with Gasteiger partial charge in [0.1, 0.15) is 5.75 Å². The van der Waals surface area contributed by atoms with Crippen LogP contribution in [0.3, 0.4) is 0 Å². The van der Waals surface area contributed by atoms with Crippen molar-refractivity contribution in [2.24, 2.45) is 5.41 Å². The Kier molecular flexibility index (Phi) is 8.93. The van der Waals surface area contributed by atoms with E-state index in [1.54, 1.807) is 13.0 Å². The molecule has 0 amide bonds. The van der Waals surface area contributed by atoms with Crippen molar-refractivity contribution in [3.05, 3.63) is 42.5 Å². The minimum atomic E-state index is -3.61. The van der Waals surface area contributed by atoms with Gasteiger partial charge in [-0.3, -0.25) is 0 Å². The first-order valence-corrected chi connectivity index (χ1v) is 14.7. The summed E-state index contributed by atoms with van der Waals surface area (Å²) in [5.74, 6) is -0.0146. The van der Waals surface area contributed by atoms with Crippen molar-refractivity contribution >= 4 is 38.9 Å². The van der Waals surface area contributed by atoms with E-state index >= 15 is 0 Å². The smallest absolute Gasteiger partial charge is 0.344 e. The molecule has 0 saturated heterocycles. The van der Waals surface area contributed by atoms with Gasteiger partial charge >= 0.3 is 5.97 Å². The summed E-state index contributed by atoms with van der Waals surface area (Å²) in [5.41, 5.74) is 1.25. The van der Waals surface area contributed by atoms with Gasteiger partial charge < -0.3 is 14.4 Å². The SMILES string of the molecule is CCCCC1(CC)CN(c2ccccc2)c2cc(SC)c(OCC(=O)OCC)cc2S(=O)(=O)C1. The highest BCUT2D eigenvalue weighted by atomic mass is 32.2. The number of anilines is 2. The maximum atomic E-state index is 13.8. The molecule has 8 heteroatoms. The van der Waals surface area contributed by atoms with Gasteiger partial charge in [-0.15, -0.1) is 11.8 Å². The van der Waals surface area contributed by atoms with Crippen molar-refractivity contribution in [2.75, 3.05) is 36.7 Å². The van der Waals surface area contributed by atoms with Gasteiger partial charge in [-0.05, 0) is 44.2 Å². The molecule has 0 aromatic heterocycles. The second-order valence-corrected chi connectivity index (χ2v) is 11.5. The van der Waals surface area contributed by atoms with Crippen LogP contribution in [0.1, 0.15) is 46.5 Å². The molecule has 2 aromatic rings. The second kappa shape index (κ2) is 11.5. The molecular weight excluding hydrogens is 470 g/mol. The average molecular weight is 506 g/mol. The minimum Gasteiger partial charge on any atom is -0.481 e. The lowest BCUT2D eigenvalue weighted by atomic mass is 9.81. The van der Waals surface area contributed by atoms with Gasteiger partial charge in [0.25, 0.3) is 0 Å². The maximum absolute atomic E-state index is 13.8. The molecule has 6 nitrogen and oxygen atoms in total. The van der Waals surface area contributed by atoms with Crippen LogP contribution >= 0.6 is 11.8 Å². The summed E-state index contributed by atoms with van der Waals surface area (Å²) in [6, 6.07) is 13.4. The number of para-hydroxylation sites is 1. The van der Waals surface area contributed by atoms with Crippen molar-refractivity contribution in [2.45, 2.75) is 56.2 Å². The number of rotatable bonds is 10. The number of unbranched alkanes of at least 4 members (excludes halogenated alkanes) is 1. The molecule has 0 bridgehead atoms. The van der Waals surface area contributed by atoms with Gasteiger partial charge in [0.15, 0.2) is 16.4 Å². The molecule has 0 N–H and O–H groups in total. The third-order valence-electron chi connectivity index (χ3n) is 6.39. The number of thioether (sulfide) groups is 1. The number of fused-ring (bicyclic) bond motifs is 1. The maximum Gasteiger partial charge on any atom is 0.344 e. The first-order chi connectivity index (χ1) is 16.3. The fourth-order valence-electron chi connectivity index (χ4n) is 4.48. The number of hydrogen-bond acceptors (Lipinski definition) is 7. The molecule has 0 fully saturated rings. The first-order valence-electron chi connectivity index (χ1n) is 11.8. The Morgan fingerprint density at radius 3 is 2.50 bits per heavy atom. The van der Waals surface area contributed by atoms with Crippen molar-refractivity contribution in [3.8, 4) is 5.75 Å². The summed E-state index contributed by atoms with van der Waals surface area (Å²) >= 11 is 1.46. The molecule has 1 heterocycles. The van der Waals surface area contributed by atoms with E-state index < -0.39 is 15.8 Å². The van der Waals surface area contributed by atoms with Crippen LogP contribution in [0.5, 0.6) is 5.75 Å². The van der Waals surface area contributed by atoms with Crippen LogP contribution in [0.2, 0.25) is 0 Å². The van der Waals surface area contributed by atoms with Gasteiger partial charge in [0.05, 0.1) is 27.8 Å². The van der Waals surface area contributed by atoms with Gasteiger partial charge in [-0.2, -0.15) is 0 Å². The molecule has 1 aliphatic heterocycles. The lowest BCUT2D eigenvalue weighted by Crippen LogP contribution is -2.37. The fraction of sp³-hybridized carbons (Fsp3) is 0.500. The monoisotopic (exact) mass is 505 g/mol. The van der Waals surface area contributed by atoms with Crippen LogP contribution in [0, 0.1) is 5.41 Å². The lowest BCUT2D eigenvalue weighted by Gasteiger charge is -2.36. The van der Waals surface area contributed by atoms with Crippen molar-refractivity contribution in [3.63, 3.8) is 0 Å². The molecule has 34 heavy (non-hydrogen) atoms. The summed E-state index contributed by atoms with van der Waals surface area (Å²) in [4.78, 5) is 15.0. The molecule has 1 unspecified atom stereocenters. The topological polar surface area (TPSA) is 72.9 Å². The number of ether oxygens (including phenoxy) is 2. The number of benzene rings is 2. The van der Waals surface area contributed by atoms with Gasteiger partial charge in [0.2, 0.25) is 0 Å². The highest BCUT2D eigenvalue weighted by Gasteiger charge is 2.42. The third-order valence-corrected chi connectivity index (χ3v) is 9.14. The van der Waals surface area contributed by atoms with E-state index in [4.69, 9.17) is 9.47 Å². The third kappa shape index (κ3) is 5.89. The van der Waals surface area contributed by atoms with E-state index in [1.807, 2.05) is 42.7 Å². The highest BCUT2D eigenvalue weighted by Crippen LogP contribution is 2.47. The van der Waals surface area contributed by atoms with Crippen LogP contribution in [-0.4, -0.2) is 46.2 Å². The average Bonchev–Trinajstić information content (AvgIpc) is 2.93. The number of carbonyl (C=O) groups excluding carboxylic acids is 1. The number of esters is 1. The first kappa shape index (κ1) is 26.4. The van der Waals surface area contributed by atoms with Crippen LogP contribution in [0.4, 0.5) is 11.4 Å². The van der Waals surface area contributed by atoms with Gasteiger partial charge in [0, 0.05) is 23.7 Å².